The Balaban J connectivity index is 1.92. The standard InChI is InChI=1S/C17H30F2O2/c1-2-3-9-21-12-16-13(5-4-8-20)10-14-11-17(18,19)7-6-15(14)16/h13-16,20H,2-12H2,1H3/t13?,14-,15-,16-/m1/s1. The molecule has 0 saturated heterocycles. The van der Waals surface area contributed by atoms with E-state index < -0.39 is 5.92 Å². The molecule has 0 aromatic rings. The highest BCUT2D eigenvalue weighted by Gasteiger charge is 2.50. The molecule has 0 aliphatic heterocycles. The molecule has 4 atom stereocenters. The molecule has 2 aliphatic carbocycles. The van der Waals surface area contributed by atoms with E-state index in [-0.39, 0.29) is 25.4 Å². The minimum atomic E-state index is -2.46. The summed E-state index contributed by atoms with van der Waals surface area (Å²) in [4.78, 5) is 0. The van der Waals surface area contributed by atoms with Gasteiger partial charge in [-0.15, -0.1) is 0 Å². The summed E-state index contributed by atoms with van der Waals surface area (Å²) in [6.45, 7) is 3.85. The van der Waals surface area contributed by atoms with Crippen LogP contribution in [0.4, 0.5) is 8.78 Å². The van der Waals surface area contributed by atoms with Gasteiger partial charge < -0.3 is 9.84 Å². The van der Waals surface area contributed by atoms with Crippen molar-refractivity contribution in [3.05, 3.63) is 0 Å². The molecular formula is C17H30F2O2. The summed E-state index contributed by atoms with van der Waals surface area (Å²) in [7, 11) is 0. The molecule has 0 heterocycles. The lowest BCUT2D eigenvalue weighted by molar-refractivity contribution is -0.0716. The van der Waals surface area contributed by atoms with Crippen LogP contribution in [0.1, 0.15) is 58.3 Å². The second kappa shape index (κ2) is 7.87. The van der Waals surface area contributed by atoms with Crippen LogP contribution in [0.25, 0.3) is 0 Å². The summed E-state index contributed by atoms with van der Waals surface area (Å²) >= 11 is 0. The fraction of sp³-hybridized carbons (Fsp3) is 1.00. The number of fused-ring (bicyclic) bond motifs is 1. The fourth-order valence-electron chi connectivity index (χ4n) is 4.40. The largest absolute Gasteiger partial charge is 0.396 e. The molecule has 124 valence electrons. The lowest BCUT2D eigenvalue weighted by atomic mass is 9.76. The molecule has 0 aromatic carbocycles. The highest BCUT2D eigenvalue weighted by molar-refractivity contribution is 4.96. The minimum Gasteiger partial charge on any atom is -0.396 e. The van der Waals surface area contributed by atoms with Gasteiger partial charge in [0.05, 0.1) is 0 Å². The Labute approximate surface area is 127 Å². The van der Waals surface area contributed by atoms with Gasteiger partial charge in [0.2, 0.25) is 5.92 Å². The van der Waals surface area contributed by atoms with Crippen LogP contribution in [0.5, 0.6) is 0 Å². The van der Waals surface area contributed by atoms with Crippen LogP contribution < -0.4 is 0 Å². The maximum absolute atomic E-state index is 13.6. The second-order valence-corrected chi connectivity index (χ2v) is 6.98. The predicted molar refractivity (Wildman–Crippen MR) is 79.4 cm³/mol. The number of ether oxygens (including phenoxy) is 1. The first-order chi connectivity index (χ1) is 10.1. The Morgan fingerprint density at radius 1 is 1.29 bits per heavy atom. The number of hydrogen-bond acceptors (Lipinski definition) is 2. The average Bonchev–Trinajstić information content (AvgIpc) is 2.76. The number of aliphatic hydroxyl groups excluding tert-OH is 1. The van der Waals surface area contributed by atoms with Crippen molar-refractivity contribution < 1.29 is 18.6 Å². The second-order valence-electron chi connectivity index (χ2n) is 6.98. The fourth-order valence-corrected chi connectivity index (χ4v) is 4.40. The van der Waals surface area contributed by atoms with Gasteiger partial charge in [-0.3, -0.25) is 0 Å². The molecule has 0 bridgehead atoms. The van der Waals surface area contributed by atoms with Crippen LogP contribution >= 0.6 is 0 Å². The third-order valence-corrected chi connectivity index (χ3v) is 5.46. The molecule has 0 radical (unpaired) electrons. The quantitative estimate of drug-likeness (QED) is 0.679. The number of rotatable bonds is 8. The Bertz CT molecular complexity index is 309. The molecule has 2 aliphatic rings. The third kappa shape index (κ3) is 4.62. The van der Waals surface area contributed by atoms with E-state index >= 15 is 0 Å². The molecule has 0 spiro atoms. The van der Waals surface area contributed by atoms with Crippen LogP contribution in [0, 0.1) is 23.7 Å². The van der Waals surface area contributed by atoms with E-state index in [0.29, 0.717) is 24.2 Å². The topological polar surface area (TPSA) is 29.5 Å². The maximum atomic E-state index is 13.6. The van der Waals surface area contributed by atoms with Crippen LogP contribution in [-0.4, -0.2) is 30.8 Å². The highest BCUT2D eigenvalue weighted by Crippen LogP contribution is 2.53. The van der Waals surface area contributed by atoms with Gasteiger partial charge in [0, 0.05) is 32.7 Å². The lowest BCUT2D eigenvalue weighted by Crippen LogP contribution is -2.33. The summed E-state index contributed by atoms with van der Waals surface area (Å²) in [6, 6.07) is 0. The molecule has 21 heavy (non-hydrogen) atoms. The number of hydrogen-bond donors (Lipinski definition) is 1. The van der Waals surface area contributed by atoms with E-state index in [1.165, 1.54) is 0 Å². The normalized spacial score (nSPS) is 34.9. The van der Waals surface area contributed by atoms with Crippen molar-refractivity contribution in [3.8, 4) is 0 Å². The summed E-state index contributed by atoms with van der Waals surface area (Å²) in [5, 5.41) is 9.05. The summed E-state index contributed by atoms with van der Waals surface area (Å²) in [6.07, 6.45) is 5.60. The molecule has 2 fully saturated rings. The number of alkyl halides is 2. The minimum absolute atomic E-state index is 0.0480. The molecule has 4 heteroatoms. The predicted octanol–water partition coefficient (Wildman–Crippen LogP) is 4.26. The van der Waals surface area contributed by atoms with Crippen molar-refractivity contribution in [2.75, 3.05) is 19.8 Å². The Morgan fingerprint density at radius 3 is 2.81 bits per heavy atom. The first-order valence-corrected chi connectivity index (χ1v) is 8.64. The van der Waals surface area contributed by atoms with Gasteiger partial charge in [-0.2, -0.15) is 0 Å². The van der Waals surface area contributed by atoms with Crippen molar-refractivity contribution in [2.45, 2.75) is 64.2 Å². The lowest BCUT2D eigenvalue weighted by Gasteiger charge is -2.34. The van der Waals surface area contributed by atoms with Gasteiger partial charge in [-0.25, -0.2) is 8.78 Å². The van der Waals surface area contributed by atoms with E-state index in [0.717, 1.165) is 45.3 Å². The van der Waals surface area contributed by atoms with Crippen molar-refractivity contribution in [3.63, 3.8) is 0 Å². The maximum Gasteiger partial charge on any atom is 0.248 e. The van der Waals surface area contributed by atoms with E-state index in [1.54, 1.807) is 0 Å². The first kappa shape index (κ1) is 17.1. The zero-order chi connectivity index (χ0) is 15.3. The molecular weight excluding hydrogens is 274 g/mol. The third-order valence-electron chi connectivity index (χ3n) is 5.46. The molecule has 1 N–H and O–H groups in total. The van der Waals surface area contributed by atoms with E-state index in [4.69, 9.17) is 9.84 Å². The van der Waals surface area contributed by atoms with E-state index in [9.17, 15) is 8.78 Å². The summed E-state index contributed by atoms with van der Waals surface area (Å²) in [5.74, 6) is -0.995. The zero-order valence-corrected chi connectivity index (χ0v) is 13.2. The number of unbranched alkanes of at least 4 members (excludes halogenated alkanes) is 1. The monoisotopic (exact) mass is 304 g/mol. The smallest absolute Gasteiger partial charge is 0.248 e. The molecule has 1 unspecified atom stereocenters. The Morgan fingerprint density at radius 2 is 2.10 bits per heavy atom. The SMILES string of the molecule is CCCCOC[C@@H]1C(CCCO)C[C@@H]2CC(F)(F)CC[C@H]21. The number of aliphatic hydroxyl groups is 1. The van der Waals surface area contributed by atoms with Gasteiger partial charge in [-0.05, 0) is 55.8 Å². The molecule has 2 nitrogen and oxygen atoms in total. The number of halogens is 2. The van der Waals surface area contributed by atoms with E-state index in [2.05, 4.69) is 6.92 Å². The molecule has 0 amide bonds. The molecule has 0 aromatic heterocycles. The van der Waals surface area contributed by atoms with Crippen LogP contribution in [0.2, 0.25) is 0 Å². The van der Waals surface area contributed by atoms with Gasteiger partial charge in [0.15, 0.2) is 0 Å². The molecule has 2 rings (SSSR count). The zero-order valence-electron chi connectivity index (χ0n) is 13.2. The van der Waals surface area contributed by atoms with Crippen molar-refractivity contribution >= 4 is 0 Å². The van der Waals surface area contributed by atoms with Crippen LogP contribution in [0.3, 0.4) is 0 Å². The molecule has 2 saturated carbocycles. The van der Waals surface area contributed by atoms with E-state index in [1.807, 2.05) is 0 Å². The Hall–Kier alpha value is -0.220. The van der Waals surface area contributed by atoms with Crippen LogP contribution in [-0.2, 0) is 4.74 Å². The van der Waals surface area contributed by atoms with Crippen LogP contribution in [0.15, 0.2) is 0 Å². The van der Waals surface area contributed by atoms with Crippen molar-refractivity contribution in [1.29, 1.82) is 0 Å². The summed E-state index contributed by atoms with van der Waals surface area (Å²) in [5.41, 5.74) is 0. The summed E-state index contributed by atoms with van der Waals surface area (Å²) < 4.78 is 33.1. The van der Waals surface area contributed by atoms with Crippen molar-refractivity contribution in [1.82, 2.24) is 0 Å². The van der Waals surface area contributed by atoms with Gasteiger partial charge in [0.1, 0.15) is 0 Å². The van der Waals surface area contributed by atoms with Gasteiger partial charge in [0.25, 0.3) is 0 Å². The Kier molecular flexibility index (Phi) is 6.42. The first-order valence-electron chi connectivity index (χ1n) is 8.64. The highest BCUT2D eigenvalue weighted by atomic mass is 19.3. The van der Waals surface area contributed by atoms with Gasteiger partial charge >= 0.3 is 0 Å². The van der Waals surface area contributed by atoms with Crippen molar-refractivity contribution in [2.24, 2.45) is 23.7 Å². The average molecular weight is 304 g/mol. The van der Waals surface area contributed by atoms with Gasteiger partial charge in [-0.1, -0.05) is 13.3 Å².